The van der Waals surface area contributed by atoms with E-state index in [-0.39, 0.29) is 0 Å². The minimum Gasteiger partial charge on any atom is -0.368 e. The Labute approximate surface area is 133 Å². The molecular formula is C20H37N. The van der Waals surface area contributed by atoms with Crippen LogP contribution in [-0.4, -0.2) is 17.5 Å². The van der Waals surface area contributed by atoms with Crippen LogP contribution in [0.25, 0.3) is 0 Å². The van der Waals surface area contributed by atoms with E-state index in [2.05, 4.69) is 74.1 Å². The van der Waals surface area contributed by atoms with Crippen molar-refractivity contribution in [1.29, 1.82) is 0 Å². The van der Waals surface area contributed by atoms with Crippen LogP contribution in [0.1, 0.15) is 69.2 Å². The van der Waals surface area contributed by atoms with Crippen molar-refractivity contribution in [2.24, 2.45) is 23.7 Å². The normalized spacial score (nSPS) is 17.6. The first kappa shape index (κ1) is 18.3. The molecule has 0 saturated carbocycles. The standard InChI is InChI=1S/C20H37N/c1-12(2)17-11-21(16(9)10)20(15(7)8)19(14(5)6)18(17)13(3)4/h12-16H,11H2,1-10H3. The molecule has 0 aliphatic carbocycles. The molecule has 0 spiro atoms. The van der Waals surface area contributed by atoms with E-state index >= 15 is 0 Å². The molecular weight excluding hydrogens is 254 g/mol. The van der Waals surface area contributed by atoms with Crippen LogP contribution in [0.3, 0.4) is 0 Å². The van der Waals surface area contributed by atoms with Gasteiger partial charge in [-0.2, -0.15) is 0 Å². The number of nitrogens with zero attached hydrogens (tertiary/aromatic N) is 1. The minimum atomic E-state index is 0.568. The molecule has 0 atom stereocenters. The Morgan fingerprint density at radius 2 is 1.10 bits per heavy atom. The van der Waals surface area contributed by atoms with Crippen molar-refractivity contribution in [2.45, 2.75) is 75.3 Å². The molecule has 1 rings (SSSR count). The lowest BCUT2D eigenvalue weighted by molar-refractivity contribution is 0.256. The summed E-state index contributed by atoms with van der Waals surface area (Å²) < 4.78 is 0. The Balaban J connectivity index is 3.64. The largest absolute Gasteiger partial charge is 0.368 e. The molecule has 21 heavy (non-hydrogen) atoms. The molecule has 0 radical (unpaired) electrons. The maximum atomic E-state index is 2.65. The third kappa shape index (κ3) is 3.73. The Kier molecular flexibility index (Phi) is 6.13. The quantitative estimate of drug-likeness (QED) is 0.611. The van der Waals surface area contributed by atoms with Crippen LogP contribution in [0.5, 0.6) is 0 Å². The number of hydrogen-bond donors (Lipinski definition) is 0. The van der Waals surface area contributed by atoms with Crippen molar-refractivity contribution in [3.05, 3.63) is 22.4 Å². The Hall–Kier alpha value is -0.720. The molecule has 0 fully saturated rings. The summed E-state index contributed by atoms with van der Waals surface area (Å²) in [6, 6.07) is 0.568. The summed E-state index contributed by atoms with van der Waals surface area (Å²) in [6.45, 7) is 24.7. The van der Waals surface area contributed by atoms with E-state index in [1.54, 1.807) is 22.4 Å². The first-order chi connectivity index (χ1) is 9.59. The van der Waals surface area contributed by atoms with E-state index in [4.69, 9.17) is 0 Å². The minimum absolute atomic E-state index is 0.568. The average molecular weight is 292 g/mol. The maximum absolute atomic E-state index is 2.65. The summed E-state index contributed by atoms with van der Waals surface area (Å²) in [5.74, 6) is 2.43. The van der Waals surface area contributed by atoms with Gasteiger partial charge in [0.2, 0.25) is 0 Å². The van der Waals surface area contributed by atoms with Crippen molar-refractivity contribution < 1.29 is 0 Å². The fourth-order valence-electron chi connectivity index (χ4n) is 3.71. The molecule has 0 N–H and O–H groups in total. The van der Waals surface area contributed by atoms with Crippen LogP contribution in [0.15, 0.2) is 22.4 Å². The average Bonchev–Trinajstić information content (AvgIpc) is 2.34. The molecule has 0 aromatic carbocycles. The van der Waals surface area contributed by atoms with Gasteiger partial charge in [0.15, 0.2) is 0 Å². The molecule has 122 valence electrons. The third-order valence-corrected chi connectivity index (χ3v) is 4.58. The summed E-state index contributed by atoms with van der Waals surface area (Å²) in [5.41, 5.74) is 6.53. The van der Waals surface area contributed by atoms with Crippen molar-refractivity contribution in [1.82, 2.24) is 4.90 Å². The highest BCUT2D eigenvalue weighted by molar-refractivity contribution is 5.46. The van der Waals surface area contributed by atoms with Gasteiger partial charge in [-0.25, -0.2) is 0 Å². The summed E-state index contributed by atoms with van der Waals surface area (Å²) in [4.78, 5) is 2.65. The zero-order valence-corrected chi connectivity index (χ0v) is 16.0. The number of allylic oxidation sites excluding steroid dienone is 3. The molecule has 0 saturated heterocycles. The van der Waals surface area contributed by atoms with Crippen molar-refractivity contribution in [3.8, 4) is 0 Å². The van der Waals surface area contributed by atoms with Gasteiger partial charge < -0.3 is 4.90 Å². The SMILES string of the molecule is CC(C)C1=C(C(C)C)C(C(C)C)=C(C(C)C)N(C(C)C)C1. The number of rotatable bonds is 5. The van der Waals surface area contributed by atoms with Gasteiger partial charge >= 0.3 is 0 Å². The molecule has 1 heteroatoms. The van der Waals surface area contributed by atoms with Gasteiger partial charge in [0.05, 0.1) is 0 Å². The number of hydrogen-bond acceptors (Lipinski definition) is 1. The van der Waals surface area contributed by atoms with Gasteiger partial charge in [-0.1, -0.05) is 55.4 Å². The summed E-state index contributed by atoms with van der Waals surface area (Å²) in [6.07, 6.45) is 0. The van der Waals surface area contributed by atoms with Gasteiger partial charge in [0.1, 0.15) is 0 Å². The Bertz CT molecular complexity index is 419. The Morgan fingerprint density at radius 1 is 0.619 bits per heavy atom. The van der Waals surface area contributed by atoms with E-state index in [0.717, 1.165) is 6.54 Å². The van der Waals surface area contributed by atoms with E-state index in [1.165, 1.54) is 0 Å². The smallest absolute Gasteiger partial charge is 0.0397 e. The van der Waals surface area contributed by atoms with Crippen molar-refractivity contribution >= 4 is 0 Å². The van der Waals surface area contributed by atoms with Crippen LogP contribution in [-0.2, 0) is 0 Å². The van der Waals surface area contributed by atoms with E-state index in [0.29, 0.717) is 29.7 Å². The highest BCUT2D eigenvalue weighted by Crippen LogP contribution is 2.42. The van der Waals surface area contributed by atoms with Crippen LogP contribution in [0.2, 0.25) is 0 Å². The van der Waals surface area contributed by atoms with Gasteiger partial charge in [-0.15, -0.1) is 0 Å². The first-order valence-corrected chi connectivity index (χ1v) is 8.83. The van der Waals surface area contributed by atoms with E-state index in [1.807, 2.05) is 0 Å². The molecule has 0 aromatic rings. The lowest BCUT2D eigenvalue weighted by Crippen LogP contribution is -2.40. The summed E-state index contributed by atoms with van der Waals surface area (Å²) >= 11 is 0. The van der Waals surface area contributed by atoms with Crippen molar-refractivity contribution in [2.75, 3.05) is 6.54 Å². The highest BCUT2D eigenvalue weighted by atomic mass is 15.2. The fourth-order valence-corrected chi connectivity index (χ4v) is 3.71. The van der Waals surface area contributed by atoms with Crippen LogP contribution in [0, 0.1) is 23.7 Å². The zero-order valence-electron chi connectivity index (χ0n) is 16.0. The lowest BCUT2D eigenvalue weighted by atomic mass is 9.76. The zero-order chi connectivity index (χ0) is 16.5. The van der Waals surface area contributed by atoms with Crippen LogP contribution < -0.4 is 0 Å². The second-order valence-corrected chi connectivity index (χ2v) is 8.08. The molecule has 0 bridgehead atoms. The summed E-state index contributed by atoms with van der Waals surface area (Å²) in [5, 5.41) is 0. The van der Waals surface area contributed by atoms with Crippen LogP contribution in [0.4, 0.5) is 0 Å². The van der Waals surface area contributed by atoms with Crippen LogP contribution >= 0.6 is 0 Å². The molecule has 1 heterocycles. The topological polar surface area (TPSA) is 3.24 Å². The molecule has 0 aromatic heterocycles. The van der Waals surface area contributed by atoms with Gasteiger partial charge in [0.25, 0.3) is 0 Å². The molecule has 0 amide bonds. The van der Waals surface area contributed by atoms with E-state index in [9.17, 15) is 0 Å². The maximum Gasteiger partial charge on any atom is 0.0397 e. The molecule has 0 unspecified atom stereocenters. The van der Waals surface area contributed by atoms with Gasteiger partial charge in [0, 0.05) is 18.3 Å². The second-order valence-electron chi connectivity index (χ2n) is 8.08. The Morgan fingerprint density at radius 3 is 1.38 bits per heavy atom. The second kappa shape index (κ2) is 7.03. The lowest BCUT2D eigenvalue weighted by Gasteiger charge is -2.44. The summed E-state index contributed by atoms with van der Waals surface area (Å²) in [7, 11) is 0. The predicted molar refractivity (Wildman–Crippen MR) is 95.2 cm³/mol. The third-order valence-electron chi connectivity index (χ3n) is 4.58. The first-order valence-electron chi connectivity index (χ1n) is 8.83. The molecule has 1 nitrogen and oxygen atoms in total. The monoisotopic (exact) mass is 291 g/mol. The predicted octanol–water partition coefficient (Wildman–Crippen LogP) is 5.89. The highest BCUT2D eigenvalue weighted by Gasteiger charge is 2.32. The fraction of sp³-hybridized carbons (Fsp3) is 0.800. The van der Waals surface area contributed by atoms with Crippen molar-refractivity contribution in [3.63, 3.8) is 0 Å². The molecule has 1 aliphatic rings. The van der Waals surface area contributed by atoms with E-state index < -0.39 is 0 Å². The van der Waals surface area contributed by atoms with Gasteiger partial charge in [-0.05, 0) is 54.2 Å². The molecule has 1 aliphatic heterocycles. The van der Waals surface area contributed by atoms with Gasteiger partial charge in [-0.3, -0.25) is 0 Å².